The number of aryl methyl sites for hydroxylation is 2. The smallest absolute Gasteiger partial charge is 0.276 e. The molecule has 2 aliphatic rings. The molecule has 0 spiro atoms. The number of hydrogen-bond acceptors (Lipinski definition) is 7. The summed E-state index contributed by atoms with van der Waals surface area (Å²) in [6.07, 6.45) is 2.30. The van der Waals surface area contributed by atoms with Crippen molar-refractivity contribution in [3.05, 3.63) is 35.4 Å². The molecule has 1 amide bonds. The Morgan fingerprint density at radius 2 is 1.96 bits per heavy atom. The van der Waals surface area contributed by atoms with E-state index in [1.807, 2.05) is 13.0 Å². The number of rotatable bonds is 3. The van der Waals surface area contributed by atoms with Crippen molar-refractivity contribution in [3.8, 4) is 0 Å². The van der Waals surface area contributed by atoms with Crippen molar-refractivity contribution in [2.24, 2.45) is 0 Å². The van der Waals surface area contributed by atoms with E-state index >= 15 is 0 Å². The van der Waals surface area contributed by atoms with Gasteiger partial charge in [-0.25, -0.2) is 15.0 Å². The Balaban J connectivity index is 1.56. The summed E-state index contributed by atoms with van der Waals surface area (Å²) in [6, 6.07) is 1.96. The second-order valence-corrected chi connectivity index (χ2v) is 6.35. The van der Waals surface area contributed by atoms with Gasteiger partial charge >= 0.3 is 0 Å². The molecule has 2 saturated heterocycles. The molecule has 25 heavy (non-hydrogen) atoms. The third kappa shape index (κ3) is 3.09. The van der Waals surface area contributed by atoms with Crippen LogP contribution >= 0.6 is 0 Å². The van der Waals surface area contributed by atoms with Crippen molar-refractivity contribution in [2.45, 2.75) is 26.3 Å². The average molecular weight is 343 g/mol. The van der Waals surface area contributed by atoms with Crippen LogP contribution in [0.3, 0.4) is 0 Å². The van der Waals surface area contributed by atoms with Crippen LogP contribution in [0.2, 0.25) is 0 Å². The molecule has 0 radical (unpaired) electrons. The summed E-state index contributed by atoms with van der Waals surface area (Å²) in [4.78, 5) is 29.9. The highest BCUT2D eigenvalue weighted by atomic mass is 16.5. The summed E-state index contributed by atoms with van der Waals surface area (Å²) < 4.78 is 10.6. The summed E-state index contributed by atoms with van der Waals surface area (Å²) >= 11 is 0. The molecule has 1 atom stereocenters. The van der Waals surface area contributed by atoms with E-state index in [0.29, 0.717) is 31.3 Å². The van der Waals surface area contributed by atoms with E-state index in [0.717, 1.165) is 36.8 Å². The van der Waals surface area contributed by atoms with Gasteiger partial charge in [0.2, 0.25) is 0 Å². The first-order valence-electron chi connectivity index (χ1n) is 8.53. The van der Waals surface area contributed by atoms with Gasteiger partial charge in [-0.05, 0) is 13.3 Å². The van der Waals surface area contributed by atoms with Gasteiger partial charge in [0.15, 0.2) is 11.6 Å². The van der Waals surface area contributed by atoms with Crippen molar-refractivity contribution < 1.29 is 13.9 Å². The fraction of sp³-hybridized carbons (Fsp3) is 0.529. The zero-order chi connectivity index (χ0) is 17.4. The van der Waals surface area contributed by atoms with Gasteiger partial charge in [0, 0.05) is 32.6 Å². The number of morpholine rings is 1. The second-order valence-electron chi connectivity index (χ2n) is 6.35. The normalized spacial score (nSPS) is 20.5. The number of nitrogens with zero attached hydrogens (tertiary/aromatic N) is 5. The Labute approximate surface area is 145 Å². The molecule has 2 aromatic heterocycles. The molecule has 0 N–H and O–H groups in total. The zero-order valence-electron chi connectivity index (χ0n) is 14.4. The van der Waals surface area contributed by atoms with Crippen molar-refractivity contribution in [3.63, 3.8) is 0 Å². The van der Waals surface area contributed by atoms with E-state index in [2.05, 4.69) is 19.9 Å². The second kappa shape index (κ2) is 6.44. The minimum atomic E-state index is -0.114. The number of aromatic nitrogens is 3. The number of amides is 1. The molecular weight excluding hydrogens is 322 g/mol. The van der Waals surface area contributed by atoms with Crippen LogP contribution in [0.1, 0.15) is 40.4 Å². The third-order valence-corrected chi connectivity index (χ3v) is 4.64. The summed E-state index contributed by atoms with van der Waals surface area (Å²) in [5.41, 5.74) is 1.23. The maximum Gasteiger partial charge on any atom is 0.276 e. The maximum atomic E-state index is 12.6. The van der Waals surface area contributed by atoms with E-state index in [1.54, 1.807) is 11.8 Å². The molecule has 2 aromatic rings. The molecule has 4 heterocycles. The van der Waals surface area contributed by atoms with Gasteiger partial charge in [0.1, 0.15) is 17.9 Å². The van der Waals surface area contributed by atoms with Crippen LogP contribution in [0.5, 0.6) is 0 Å². The van der Waals surface area contributed by atoms with Crippen LogP contribution in [0, 0.1) is 13.8 Å². The first kappa shape index (κ1) is 16.0. The number of carbonyl (C=O) groups excluding carboxylic acids is 1. The summed E-state index contributed by atoms with van der Waals surface area (Å²) in [5.74, 6) is 2.00. The van der Waals surface area contributed by atoms with Crippen molar-refractivity contribution in [1.29, 1.82) is 0 Å². The minimum Gasteiger partial charge on any atom is -0.448 e. The average Bonchev–Trinajstić information content (AvgIpc) is 3.01. The van der Waals surface area contributed by atoms with Gasteiger partial charge in [-0.1, -0.05) is 0 Å². The van der Waals surface area contributed by atoms with Gasteiger partial charge in [0.25, 0.3) is 5.91 Å². The molecule has 2 aliphatic heterocycles. The van der Waals surface area contributed by atoms with Crippen molar-refractivity contribution in [1.82, 2.24) is 19.9 Å². The van der Waals surface area contributed by atoms with Crippen molar-refractivity contribution in [2.75, 3.05) is 37.7 Å². The van der Waals surface area contributed by atoms with Crippen LogP contribution in [0.4, 0.5) is 5.82 Å². The van der Waals surface area contributed by atoms with Crippen LogP contribution in [0.15, 0.2) is 16.7 Å². The van der Waals surface area contributed by atoms with E-state index in [1.165, 1.54) is 6.26 Å². The van der Waals surface area contributed by atoms with Crippen LogP contribution < -0.4 is 4.90 Å². The van der Waals surface area contributed by atoms with E-state index in [4.69, 9.17) is 9.15 Å². The van der Waals surface area contributed by atoms with Gasteiger partial charge in [-0.2, -0.15) is 0 Å². The summed E-state index contributed by atoms with van der Waals surface area (Å²) in [6.45, 7) is 7.37. The molecule has 0 unspecified atom stereocenters. The molecule has 132 valence electrons. The van der Waals surface area contributed by atoms with Crippen LogP contribution in [-0.2, 0) is 4.74 Å². The number of likely N-dealkylation sites (tertiary alicyclic amines) is 1. The monoisotopic (exact) mass is 343 g/mol. The lowest BCUT2D eigenvalue weighted by molar-refractivity contribution is 0.0444. The number of anilines is 1. The first-order chi connectivity index (χ1) is 12.1. The quantitative estimate of drug-likeness (QED) is 0.835. The van der Waals surface area contributed by atoms with Gasteiger partial charge in [-0.15, -0.1) is 0 Å². The van der Waals surface area contributed by atoms with Gasteiger partial charge in [0.05, 0.1) is 24.9 Å². The Morgan fingerprint density at radius 1 is 1.16 bits per heavy atom. The summed E-state index contributed by atoms with van der Waals surface area (Å²) in [5, 5.41) is 0. The zero-order valence-corrected chi connectivity index (χ0v) is 14.4. The lowest BCUT2D eigenvalue weighted by Gasteiger charge is -2.40. The standard InChI is InChI=1S/C17H21N5O3/c1-11-18-13(9-16(19-11)21-5-7-24-8-6-21)15-3-4-22(15)17(23)14-10-25-12(2)20-14/h9-10,15H,3-8H2,1-2H3/t15-/m1/s1. The first-order valence-corrected chi connectivity index (χ1v) is 8.53. The maximum absolute atomic E-state index is 12.6. The Hall–Kier alpha value is -2.48. The molecule has 4 rings (SSSR count). The Morgan fingerprint density at radius 3 is 2.60 bits per heavy atom. The van der Waals surface area contributed by atoms with E-state index < -0.39 is 0 Å². The fourth-order valence-corrected chi connectivity index (χ4v) is 3.25. The van der Waals surface area contributed by atoms with E-state index in [-0.39, 0.29) is 11.9 Å². The number of carbonyl (C=O) groups is 1. The number of ether oxygens (including phenoxy) is 1. The highest BCUT2D eigenvalue weighted by Gasteiger charge is 2.36. The van der Waals surface area contributed by atoms with Crippen molar-refractivity contribution >= 4 is 11.7 Å². The molecular formula is C17H21N5O3. The molecule has 0 bridgehead atoms. The van der Waals surface area contributed by atoms with Crippen LogP contribution in [-0.4, -0.2) is 58.6 Å². The minimum absolute atomic E-state index is 0.0361. The van der Waals surface area contributed by atoms with Gasteiger partial charge < -0.3 is 19.0 Å². The highest BCUT2D eigenvalue weighted by Crippen LogP contribution is 2.34. The lowest BCUT2D eigenvalue weighted by atomic mass is 9.98. The predicted octanol–water partition coefficient (Wildman–Crippen LogP) is 1.51. The third-order valence-electron chi connectivity index (χ3n) is 4.64. The summed E-state index contributed by atoms with van der Waals surface area (Å²) in [7, 11) is 0. The fourth-order valence-electron chi connectivity index (χ4n) is 3.25. The molecule has 2 fully saturated rings. The number of hydrogen-bond donors (Lipinski definition) is 0. The SMILES string of the molecule is Cc1nc([C@H]2CCN2C(=O)c2coc(C)n2)cc(N2CCOCC2)n1. The Bertz CT molecular complexity index is 784. The lowest BCUT2D eigenvalue weighted by Crippen LogP contribution is -2.46. The Kier molecular flexibility index (Phi) is 4.12. The molecule has 8 nitrogen and oxygen atoms in total. The predicted molar refractivity (Wildman–Crippen MR) is 89.4 cm³/mol. The highest BCUT2D eigenvalue weighted by molar-refractivity contribution is 5.92. The molecule has 0 aliphatic carbocycles. The molecule has 0 saturated carbocycles. The van der Waals surface area contributed by atoms with Gasteiger partial charge in [-0.3, -0.25) is 4.79 Å². The largest absolute Gasteiger partial charge is 0.448 e. The van der Waals surface area contributed by atoms with Crippen LogP contribution in [0.25, 0.3) is 0 Å². The molecule has 8 heteroatoms. The molecule has 0 aromatic carbocycles. The van der Waals surface area contributed by atoms with E-state index in [9.17, 15) is 4.79 Å². The number of oxazole rings is 1. The topological polar surface area (TPSA) is 84.6 Å².